The van der Waals surface area contributed by atoms with Crippen molar-refractivity contribution in [3.05, 3.63) is 0 Å². The van der Waals surface area contributed by atoms with E-state index in [-0.39, 0.29) is 0 Å². The van der Waals surface area contributed by atoms with E-state index in [1.165, 1.54) is 6.42 Å². The van der Waals surface area contributed by atoms with Crippen molar-refractivity contribution in [1.82, 2.24) is 10.6 Å². The fraction of sp³-hybridized carbons (Fsp3) is 0.929. The highest BCUT2D eigenvalue weighted by atomic mass is 32.1. The zero-order valence-electron chi connectivity index (χ0n) is 14.0. The number of nitrogens with one attached hydrogen (secondary N) is 2. The van der Waals surface area contributed by atoms with E-state index in [0.717, 1.165) is 37.1 Å². The minimum atomic E-state index is -2.50. The van der Waals surface area contributed by atoms with Crippen LogP contribution in [0.3, 0.4) is 0 Å². The third kappa shape index (κ3) is 10.2. The summed E-state index contributed by atoms with van der Waals surface area (Å²) in [4.78, 5) is 0. The van der Waals surface area contributed by atoms with Gasteiger partial charge >= 0.3 is 8.80 Å². The molecule has 0 spiro atoms. The van der Waals surface area contributed by atoms with Crippen LogP contribution in [-0.4, -0.2) is 46.8 Å². The van der Waals surface area contributed by atoms with E-state index < -0.39 is 8.80 Å². The van der Waals surface area contributed by atoms with E-state index in [2.05, 4.69) is 17.6 Å². The molecule has 7 heteroatoms. The average molecular weight is 337 g/mol. The molecule has 0 atom stereocenters. The van der Waals surface area contributed by atoms with Crippen LogP contribution < -0.4 is 10.6 Å². The van der Waals surface area contributed by atoms with Crippen molar-refractivity contribution in [2.24, 2.45) is 0 Å². The Hall–Kier alpha value is -0.213. The molecule has 0 fully saturated rings. The van der Waals surface area contributed by atoms with Gasteiger partial charge in [0.25, 0.3) is 0 Å². The monoisotopic (exact) mass is 336 g/mol. The molecule has 21 heavy (non-hydrogen) atoms. The Labute approximate surface area is 136 Å². The largest absolute Gasteiger partial charge is 0.500 e. The van der Waals surface area contributed by atoms with Gasteiger partial charge in [-0.25, -0.2) is 0 Å². The SMILES string of the molecule is CCCCNC(=S)NCCC[Si](OCC)(OCC)OCC. The fourth-order valence-corrected chi connectivity index (χ4v) is 4.77. The van der Waals surface area contributed by atoms with E-state index in [0.29, 0.717) is 19.8 Å². The van der Waals surface area contributed by atoms with E-state index in [1.54, 1.807) is 0 Å². The van der Waals surface area contributed by atoms with Crippen molar-refractivity contribution in [2.45, 2.75) is 53.0 Å². The van der Waals surface area contributed by atoms with Crippen LogP contribution in [0.1, 0.15) is 47.0 Å². The van der Waals surface area contributed by atoms with Crippen molar-refractivity contribution >= 4 is 26.1 Å². The van der Waals surface area contributed by atoms with Crippen LogP contribution in [0.15, 0.2) is 0 Å². The minimum absolute atomic E-state index is 0.622. The maximum Gasteiger partial charge on any atom is 0.500 e. The summed E-state index contributed by atoms with van der Waals surface area (Å²) in [5.41, 5.74) is 0. The van der Waals surface area contributed by atoms with Crippen LogP contribution in [0.5, 0.6) is 0 Å². The molecule has 0 bridgehead atoms. The van der Waals surface area contributed by atoms with Gasteiger partial charge in [0.15, 0.2) is 5.11 Å². The molecule has 0 aromatic heterocycles. The average Bonchev–Trinajstić information content (AvgIpc) is 2.45. The van der Waals surface area contributed by atoms with Crippen molar-refractivity contribution in [2.75, 3.05) is 32.9 Å². The van der Waals surface area contributed by atoms with Gasteiger partial charge in [-0.05, 0) is 45.8 Å². The molecule has 0 aromatic carbocycles. The third-order valence-electron chi connectivity index (χ3n) is 2.85. The van der Waals surface area contributed by atoms with E-state index in [4.69, 9.17) is 25.5 Å². The topological polar surface area (TPSA) is 51.8 Å². The summed E-state index contributed by atoms with van der Waals surface area (Å²) in [5.74, 6) is 0. The van der Waals surface area contributed by atoms with Gasteiger partial charge in [-0.15, -0.1) is 0 Å². The standard InChI is InChI=1S/C14H32N2O3SSi/c1-5-9-11-15-14(20)16-12-10-13-21(17-6-2,18-7-3)19-8-4/h5-13H2,1-4H3,(H2,15,16,20). The van der Waals surface area contributed by atoms with Gasteiger partial charge in [0.2, 0.25) is 0 Å². The van der Waals surface area contributed by atoms with Gasteiger partial charge in [-0.3, -0.25) is 0 Å². The normalized spacial score (nSPS) is 11.4. The van der Waals surface area contributed by atoms with Gasteiger partial charge in [-0.1, -0.05) is 13.3 Å². The zero-order valence-corrected chi connectivity index (χ0v) is 15.8. The van der Waals surface area contributed by atoms with E-state index >= 15 is 0 Å². The molecular formula is C14H32N2O3SSi. The van der Waals surface area contributed by atoms with E-state index in [1.807, 2.05) is 20.8 Å². The third-order valence-corrected chi connectivity index (χ3v) is 6.29. The smallest absolute Gasteiger partial charge is 0.374 e. The lowest BCUT2D eigenvalue weighted by Crippen LogP contribution is -2.46. The van der Waals surface area contributed by atoms with Gasteiger partial charge in [0.05, 0.1) is 0 Å². The quantitative estimate of drug-likeness (QED) is 0.306. The lowest BCUT2D eigenvalue weighted by molar-refractivity contribution is 0.0709. The van der Waals surface area contributed by atoms with E-state index in [9.17, 15) is 0 Å². The molecule has 0 amide bonds. The highest BCUT2D eigenvalue weighted by Gasteiger charge is 2.39. The molecule has 0 rings (SSSR count). The van der Waals surface area contributed by atoms with Crippen LogP contribution in [0, 0.1) is 0 Å². The number of unbranched alkanes of at least 4 members (excludes halogenated alkanes) is 1. The van der Waals surface area contributed by atoms with Gasteiger partial charge < -0.3 is 23.9 Å². The lowest BCUT2D eigenvalue weighted by Gasteiger charge is -2.28. The molecule has 0 radical (unpaired) electrons. The molecule has 0 saturated carbocycles. The summed E-state index contributed by atoms with van der Waals surface area (Å²) in [5, 5.41) is 7.13. The Balaban J connectivity index is 4.03. The molecule has 0 aromatic rings. The Morgan fingerprint density at radius 1 is 0.857 bits per heavy atom. The van der Waals surface area contributed by atoms with Crippen LogP contribution in [0.4, 0.5) is 0 Å². The van der Waals surface area contributed by atoms with Crippen LogP contribution >= 0.6 is 12.2 Å². The molecule has 0 aliphatic carbocycles. The second-order valence-corrected chi connectivity index (χ2v) is 7.76. The second kappa shape index (κ2) is 13.4. The molecule has 5 nitrogen and oxygen atoms in total. The highest BCUT2D eigenvalue weighted by Crippen LogP contribution is 2.17. The Morgan fingerprint density at radius 2 is 1.33 bits per heavy atom. The molecular weight excluding hydrogens is 304 g/mol. The van der Waals surface area contributed by atoms with Crippen LogP contribution in [0.25, 0.3) is 0 Å². The minimum Gasteiger partial charge on any atom is -0.374 e. The first-order valence-corrected chi connectivity index (χ1v) is 10.4. The van der Waals surface area contributed by atoms with Crippen molar-refractivity contribution in [3.8, 4) is 0 Å². The van der Waals surface area contributed by atoms with Crippen molar-refractivity contribution in [3.63, 3.8) is 0 Å². The zero-order chi connectivity index (χ0) is 16.0. The first-order valence-electron chi connectivity index (χ1n) is 8.07. The number of hydrogen-bond acceptors (Lipinski definition) is 4. The summed E-state index contributed by atoms with van der Waals surface area (Å²) in [6.07, 6.45) is 3.22. The predicted molar refractivity (Wildman–Crippen MR) is 93.6 cm³/mol. The first kappa shape index (κ1) is 20.8. The van der Waals surface area contributed by atoms with Gasteiger partial charge in [0.1, 0.15) is 0 Å². The molecule has 0 aliphatic heterocycles. The Bertz CT molecular complexity index is 254. The van der Waals surface area contributed by atoms with Crippen molar-refractivity contribution in [1.29, 1.82) is 0 Å². The molecule has 126 valence electrons. The number of rotatable bonds is 13. The molecule has 0 heterocycles. The molecule has 0 unspecified atom stereocenters. The molecule has 0 aliphatic rings. The Kier molecular flexibility index (Phi) is 13.3. The lowest BCUT2D eigenvalue weighted by atomic mass is 10.3. The van der Waals surface area contributed by atoms with Crippen molar-refractivity contribution < 1.29 is 13.3 Å². The predicted octanol–water partition coefficient (Wildman–Crippen LogP) is 2.69. The first-order chi connectivity index (χ1) is 10.1. The Morgan fingerprint density at radius 3 is 1.76 bits per heavy atom. The van der Waals surface area contributed by atoms with Crippen LogP contribution in [0.2, 0.25) is 6.04 Å². The summed E-state index contributed by atoms with van der Waals surface area (Å²) in [7, 11) is -2.50. The second-order valence-electron chi connectivity index (χ2n) is 4.62. The van der Waals surface area contributed by atoms with Gasteiger partial charge in [0, 0.05) is 39.0 Å². The maximum absolute atomic E-state index is 5.82. The summed E-state index contributed by atoms with van der Waals surface area (Å²) in [6, 6.07) is 0.813. The van der Waals surface area contributed by atoms with Crippen LogP contribution in [-0.2, 0) is 13.3 Å². The summed E-state index contributed by atoms with van der Waals surface area (Å²) >= 11 is 5.22. The number of hydrogen-bond donors (Lipinski definition) is 2. The summed E-state index contributed by atoms with van der Waals surface area (Å²) in [6.45, 7) is 11.7. The fourth-order valence-electron chi connectivity index (χ4n) is 1.95. The maximum atomic E-state index is 5.82. The van der Waals surface area contributed by atoms with Gasteiger partial charge in [-0.2, -0.15) is 0 Å². The number of thiocarbonyl (C=S) groups is 1. The molecule has 0 saturated heterocycles. The molecule has 2 N–H and O–H groups in total. The highest BCUT2D eigenvalue weighted by molar-refractivity contribution is 7.80. The summed E-state index contributed by atoms with van der Waals surface area (Å²) < 4.78 is 17.4.